The molecule has 0 aliphatic carbocycles. The Labute approximate surface area is 115 Å². The number of carbonyl (C=O) groups excluding carboxylic acids is 1. The lowest BCUT2D eigenvalue weighted by atomic mass is 10.2. The molecule has 0 amide bonds. The Kier molecular flexibility index (Phi) is 4.20. The molecule has 1 aromatic carbocycles. The molecule has 0 fully saturated rings. The molecule has 1 aromatic heterocycles. The first-order chi connectivity index (χ1) is 9.56. The van der Waals surface area contributed by atoms with E-state index in [1.165, 1.54) is 6.07 Å². The van der Waals surface area contributed by atoms with Crippen molar-refractivity contribution in [2.75, 3.05) is 13.2 Å². The highest BCUT2D eigenvalue weighted by Gasteiger charge is 2.03. The summed E-state index contributed by atoms with van der Waals surface area (Å²) in [6.45, 7) is 5.39. The van der Waals surface area contributed by atoms with Crippen molar-refractivity contribution in [3.63, 3.8) is 0 Å². The van der Waals surface area contributed by atoms with E-state index in [4.69, 9.17) is 13.9 Å². The van der Waals surface area contributed by atoms with Gasteiger partial charge in [0.15, 0.2) is 0 Å². The van der Waals surface area contributed by atoms with Gasteiger partial charge >= 0.3 is 11.6 Å². The second-order valence-corrected chi connectivity index (χ2v) is 4.22. The van der Waals surface area contributed by atoms with Gasteiger partial charge in [-0.05, 0) is 25.1 Å². The first-order valence-corrected chi connectivity index (χ1v) is 6.05. The van der Waals surface area contributed by atoms with Gasteiger partial charge < -0.3 is 13.9 Å². The fraction of sp³-hybridized carbons (Fsp3) is 0.200. The third kappa shape index (κ3) is 3.47. The number of ether oxygens (including phenoxy) is 2. The third-order valence-corrected chi connectivity index (χ3v) is 2.53. The number of esters is 1. The van der Waals surface area contributed by atoms with E-state index in [9.17, 15) is 9.59 Å². The van der Waals surface area contributed by atoms with Crippen molar-refractivity contribution in [2.45, 2.75) is 6.92 Å². The van der Waals surface area contributed by atoms with Crippen LogP contribution in [0.2, 0.25) is 0 Å². The Morgan fingerprint density at radius 3 is 2.75 bits per heavy atom. The number of rotatable bonds is 5. The predicted octanol–water partition coefficient (Wildman–Crippen LogP) is 2.29. The van der Waals surface area contributed by atoms with E-state index in [0.717, 1.165) is 5.39 Å². The molecule has 104 valence electrons. The number of benzene rings is 1. The van der Waals surface area contributed by atoms with Crippen molar-refractivity contribution in [3.8, 4) is 5.75 Å². The minimum atomic E-state index is -0.446. The zero-order chi connectivity index (χ0) is 14.5. The normalized spacial score (nSPS) is 10.2. The molecule has 0 N–H and O–H groups in total. The number of carbonyl (C=O) groups is 1. The van der Waals surface area contributed by atoms with Crippen LogP contribution in [0.1, 0.15) is 6.92 Å². The van der Waals surface area contributed by atoms with E-state index in [1.54, 1.807) is 31.2 Å². The minimum absolute atomic E-state index is 0.127. The van der Waals surface area contributed by atoms with Gasteiger partial charge in [0.25, 0.3) is 0 Å². The quantitative estimate of drug-likeness (QED) is 0.362. The molecule has 5 heteroatoms. The molecule has 20 heavy (non-hydrogen) atoms. The molecule has 5 nitrogen and oxygen atoms in total. The van der Waals surface area contributed by atoms with Gasteiger partial charge in [-0.25, -0.2) is 9.59 Å². The summed E-state index contributed by atoms with van der Waals surface area (Å²) in [5.41, 5.74) is 0.386. The van der Waals surface area contributed by atoms with Crippen molar-refractivity contribution in [2.24, 2.45) is 0 Å². The van der Waals surface area contributed by atoms with Gasteiger partial charge in [0, 0.05) is 23.1 Å². The number of fused-ring (bicyclic) bond motifs is 1. The molecule has 0 radical (unpaired) electrons. The topological polar surface area (TPSA) is 65.7 Å². The highest BCUT2D eigenvalue weighted by molar-refractivity contribution is 5.86. The molecule has 2 aromatic rings. The molecule has 0 unspecified atom stereocenters. The third-order valence-electron chi connectivity index (χ3n) is 2.53. The summed E-state index contributed by atoms with van der Waals surface area (Å²) < 4.78 is 15.4. The van der Waals surface area contributed by atoms with Crippen LogP contribution < -0.4 is 10.4 Å². The van der Waals surface area contributed by atoms with Crippen molar-refractivity contribution in [1.82, 2.24) is 0 Å². The lowest BCUT2D eigenvalue weighted by Crippen LogP contribution is -2.12. The summed E-state index contributed by atoms with van der Waals surface area (Å²) in [5, 5.41) is 0.811. The van der Waals surface area contributed by atoms with Gasteiger partial charge in [0.05, 0.1) is 0 Å². The Bertz CT molecular complexity index is 699. The first kappa shape index (κ1) is 13.9. The van der Waals surface area contributed by atoms with Crippen molar-refractivity contribution in [3.05, 3.63) is 52.9 Å². The van der Waals surface area contributed by atoms with Crippen molar-refractivity contribution < 1.29 is 18.7 Å². The number of hydrogen-bond donors (Lipinski definition) is 0. The predicted molar refractivity (Wildman–Crippen MR) is 73.8 cm³/mol. The Hall–Kier alpha value is -2.56. The monoisotopic (exact) mass is 274 g/mol. The maximum absolute atomic E-state index is 11.1. The van der Waals surface area contributed by atoms with Crippen molar-refractivity contribution in [1.29, 1.82) is 0 Å². The van der Waals surface area contributed by atoms with Gasteiger partial charge in [-0.3, -0.25) is 0 Å². The van der Waals surface area contributed by atoms with E-state index in [0.29, 0.717) is 16.9 Å². The van der Waals surface area contributed by atoms with E-state index in [2.05, 4.69) is 6.58 Å². The summed E-state index contributed by atoms with van der Waals surface area (Å²) in [6.07, 6.45) is 0. The first-order valence-electron chi connectivity index (χ1n) is 6.05. The smallest absolute Gasteiger partial charge is 0.336 e. The average Bonchev–Trinajstić information content (AvgIpc) is 2.42. The van der Waals surface area contributed by atoms with Gasteiger partial charge in [0.2, 0.25) is 0 Å². The Balaban J connectivity index is 1.95. The summed E-state index contributed by atoms with van der Waals surface area (Å²) in [5.74, 6) is 0.0938. The lowest BCUT2D eigenvalue weighted by molar-refractivity contribution is -0.139. The molecule has 2 rings (SSSR count). The van der Waals surface area contributed by atoms with Gasteiger partial charge in [-0.15, -0.1) is 0 Å². The highest BCUT2D eigenvalue weighted by Crippen LogP contribution is 2.19. The van der Waals surface area contributed by atoms with Crippen LogP contribution in [0, 0.1) is 0 Å². The molecule has 0 saturated carbocycles. The summed E-state index contributed by atoms with van der Waals surface area (Å²) in [4.78, 5) is 22.3. The molecular formula is C15H14O5. The molecule has 0 aliphatic heterocycles. The minimum Gasteiger partial charge on any atom is -0.490 e. The molecule has 0 bridgehead atoms. The molecule has 1 heterocycles. The van der Waals surface area contributed by atoms with Crippen LogP contribution in [-0.2, 0) is 9.53 Å². The largest absolute Gasteiger partial charge is 0.490 e. The molecule has 0 aliphatic rings. The zero-order valence-corrected chi connectivity index (χ0v) is 11.0. The fourth-order valence-corrected chi connectivity index (χ4v) is 1.55. The zero-order valence-electron chi connectivity index (χ0n) is 11.0. The molecule has 0 spiro atoms. The van der Waals surface area contributed by atoms with Crippen LogP contribution in [0.3, 0.4) is 0 Å². The Morgan fingerprint density at radius 1 is 1.25 bits per heavy atom. The second-order valence-electron chi connectivity index (χ2n) is 4.22. The second kappa shape index (κ2) is 6.06. The van der Waals surface area contributed by atoms with Crippen LogP contribution in [0.5, 0.6) is 5.75 Å². The highest BCUT2D eigenvalue weighted by atomic mass is 16.6. The molecular weight excluding hydrogens is 260 g/mol. The van der Waals surface area contributed by atoms with Crippen LogP contribution >= 0.6 is 0 Å². The van der Waals surface area contributed by atoms with Crippen LogP contribution in [0.25, 0.3) is 11.0 Å². The van der Waals surface area contributed by atoms with E-state index in [1.807, 2.05) is 0 Å². The standard InChI is InChI=1S/C15H14O5/c1-10(2)15(17)19-8-7-18-12-5-3-11-4-6-14(16)20-13(11)9-12/h3-6,9H,1,7-8H2,2H3. The van der Waals surface area contributed by atoms with Gasteiger partial charge in [0.1, 0.15) is 24.5 Å². The van der Waals surface area contributed by atoms with Crippen molar-refractivity contribution >= 4 is 16.9 Å². The molecule has 0 saturated heterocycles. The average molecular weight is 274 g/mol. The van der Waals surface area contributed by atoms with E-state index >= 15 is 0 Å². The Morgan fingerprint density at radius 2 is 2.00 bits per heavy atom. The maximum Gasteiger partial charge on any atom is 0.336 e. The maximum atomic E-state index is 11.1. The SMILES string of the molecule is C=C(C)C(=O)OCCOc1ccc2ccc(=O)oc2c1. The van der Waals surface area contributed by atoms with Gasteiger partial charge in [-0.1, -0.05) is 6.58 Å². The summed E-state index contributed by atoms with van der Waals surface area (Å²) in [7, 11) is 0. The lowest BCUT2D eigenvalue weighted by Gasteiger charge is -2.07. The van der Waals surface area contributed by atoms with E-state index < -0.39 is 11.6 Å². The van der Waals surface area contributed by atoms with E-state index in [-0.39, 0.29) is 13.2 Å². The van der Waals surface area contributed by atoms with Crippen LogP contribution in [0.15, 0.2) is 51.7 Å². The summed E-state index contributed by atoms with van der Waals surface area (Å²) >= 11 is 0. The van der Waals surface area contributed by atoms with Crippen LogP contribution in [-0.4, -0.2) is 19.2 Å². The summed E-state index contributed by atoms with van der Waals surface area (Å²) in [6, 6.07) is 8.20. The van der Waals surface area contributed by atoms with Gasteiger partial charge in [-0.2, -0.15) is 0 Å². The molecule has 0 atom stereocenters. The van der Waals surface area contributed by atoms with Crippen LogP contribution in [0.4, 0.5) is 0 Å². The fourth-order valence-electron chi connectivity index (χ4n) is 1.55. The number of hydrogen-bond acceptors (Lipinski definition) is 5.